The number of carbonyl (C=O) groups is 1. The lowest BCUT2D eigenvalue weighted by molar-refractivity contribution is 0.0931. The summed E-state index contributed by atoms with van der Waals surface area (Å²) in [6.45, 7) is 6.76. The minimum absolute atomic E-state index is 0.0455. The molecule has 1 saturated heterocycles. The number of fused-ring (bicyclic) bond motifs is 1. The Morgan fingerprint density at radius 2 is 2.00 bits per heavy atom. The van der Waals surface area contributed by atoms with Crippen molar-refractivity contribution < 1.29 is 9.21 Å². The van der Waals surface area contributed by atoms with Gasteiger partial charge in [0.05, 0.1) is 17.9 Å². The maximum absolute atomic E-state index is 13.3. The van der Waals surface area contributed by atoms with Crippen LogP contribution in [-0.2, 0) is 0 Å². The highest BCUT2D eigenvalue weighted by Gasteiger charge is 2.26. The third-order valence-corrected chi connectivity index (χ3v) is 8.37. The second-order valence-electron chi connectivity index (χ2n) is 8.22. The fourth-order valence-electron chi connectivity index (χ4n) is 4.30. The molecule has 5 rings (SSSR count). The van der Waals surface area contributed by atoms with Crippen molar-refractivity contribution >= 4 is 39.2 Å². The third kappa shape index (κ3) is 4.55. The van der Waals surface area contributed by atoms with Crippen LogP contribution in [0, 0.1) is 13.8 Å². The number of nitrogens with one attached hydrogen (secondary N) is 1. The molecule has 1 aliphatic rings. The molecule has 1 atom stereocenters. The Bertz CT molecular complexity index is 1260. The Kier molecular flexibility index (Phi) is 6.48. The first kappa shape index (κ1) is 22.1. The van der Waals surface area contributed by atoms with Gasteiger partial charge in [-0.05, 0) is 69.6 Å². The van der Waals surface area contributed by atoms with Crippen LogP contribution in [0.3, 0.4) is 0 Å². The molecule has 0 bridgehead atoms. The summed E-state index contributed by atoms with van der Waals surface area (Å²) in [6.07, 6.45) is 5.66. The van der Waals surface area contributed by atoms with Gasteiger partial charge in [-0.25, -0.2) is 9.97 Å². The molecule has 0 spiro atoms. The number of carbonyl (C=O) groups excluding carboxylic acids is 1. The predicted octanol–water partition coefficient (Wildman–Crippen LogP) is 5.62. The van der Waals surface area contributed by atoms with E-state index in [0.29, 0.717) is 12.1 Å². The topological polar surface area (TPSA) is 71.3 Å². The van der Waals surface area contributed by atoms with E-state index in [1.165, 1.54) is 35.0 Å². The number of amides is 1. The number of hydrogen-bond donors (Lipinski definition) is 1. The maximum atomic E-state index is 13.3. The highest BCUT2D eigenvalue weighted by molar-refractivity contribution is 7.99. The molecule has 1 aliphatic heterocycles. The number of thiophene rings is 1. The number of benzene rings is 1. The fraction of sp³-hybridized carbons (Fsp3) is 0.320. The third-order valence-electron chi connectivity index (χ3n) is 6.18. The molecule has 1 aromatic carbocycles. The first-order chi connectivity index (χ1) is 16.1. The molecule has 4 aromatic rings. The van der Waals surface area contributed by atoms with Gasteiger partial charge in [0.1, 0.15) is 21.9 Å². The van der Waals surface area contributed by atoms with E-state index in [-0.39, 0.29) is 11.9 Å². The van der Waals surface area contributed by atoms with Crippen LogP contribution in [0.4, 0.5) is 0 Å². The van der Waals surface area contributed by atoms with Crippen LogP contribution in [0.15, 0.2) is 63.3 Å². The van der Waals surface area contributed by atoms with Gasteiger partial charge in [0.2, 0.25) is 0 Å². The SMILES string of the molecule is Cc1sc2ncnc(Sc3ccccc3C(=O)NCC(c3ccco3)N3CCCC3)c2c1C. The highest BCUT2D eigenvalue weighted by atomic mass is 32.2. The van der Waals surface area contributed by atoms with E-state index in [0.717, 1.165) is 39.0 Å². The summed E-state index contributed by atoms with van der Waals surface area (Å²) in [4.78, 5) is 27.7. The molecule has 8 heteroatoms. The van der Waals surface area contributed by atoms with Crippen molar-refractivity contribution in [2.75, 3.05) is 19.6 Å². The standard InChI is InChI=1S/C25H26N4O2S2/c1-16-17(2)32-24-22(16)25(28-15-27-24)33-21-10-4-3-8-18(21)23(30)26-14-19(20-9-7-13-31-20)29-11-5-6-12-29/h3-4,7-10,13,15,19H,5-6,11-12,14H2,1-2H3,(H,26,30). The van der Waals surface area contributed by atoms with Crippen molar-refractivity contribution in [3.05, 3.63) is 70.8 Å². The maximum Gasteiger partial charge on any atom is 0.252 e. The first-order valence-corrected chi connectivity index (χ1v) is 12.8. The number of rotatable bonds is 7. The van der Waals surface area contributed by atoms with Crippen LogP contribution in [0.1, 0.15) is 45.4 Å². The normalized spacial score (nSPS) is 15.2. The minimum atomic E-state index is -0.0858. The molecule has 1 N–H and O–H groups in total. The molecule has 1 amide bonds. The van der Waals surface area contributed by atoms with Gasteiger partial charge in [0, 0.05) is 21.7 Å². The molecule has 1 fully saturated rings. The molecule has 6 nitrogen and oxygen atoms in total. The zero-order valence-electron chi connectivity index (χ0n) is 18.7. The van der Waals surface area contributed by atoms with Crippen LogP contribution in [0.2, 0.25) is 0 Å². The van der Waals surface area contributed by atoms with Gasteiger partial charge in [-0.3, -0.25) is 9.69 Å². The van der Waals surface area contributed by atoms with E-state index in [1.54, 1.807) is 23.9 Å². The summed E-state index contributed by atoms with van der Waals surface area (Å²) in [5.41, 5.74) is 1.85. The van der Waals surface area contributed by atoms with E-state index in [1.807, 2.05) is 36.4 Å². The van der Waals surface area contributed by atoms with Gasteiger partial charge in [-0.2, -0.15) is 0 Å². The summed E-state index contributed by atoms with van der Waals surface area (Å²) in [7, 11) is 0. The zero-order chi connectivity index (χ0) is 22.8. The summed E-state index contributed by atoms with van der Waals surface area (Å²) < 4.78 is 5.69. The van der Waals surface area contributed by atoms with E-state index in [2.05, 4.69) is 34.0 Å². The molecule has 170 valence electrons. The van der Waals surface area contributed by atoms with Gasteiger partial charge >= 0.3 is 0 Å². The van der Waals surface area contributed by atoms with Crippen LogP contribution < -0.4 is 5.32 Å². The lowest BCUT2D eigenvalue weighted by atomic mass is 10.1. The molecular weight excluding hydrogens is 452 g/mol. The molecule has 33 heavy (non-hydrogen) atoms. The second-order valence-corrected chi connectivity index (χ2v) is 10.5. The smallest absolute Gasteiger partial charge is 0.252 e. The average molecular weight is 479 g/mol. The van der Waals surface area contributed by atoms with E-state index >= 15 is 0 Å². The number of likely N-dealkylation sites (tertiary alicyclic amines) is 1. The Balaban J connectivity index is 1.37. The monoisotopic (exact) mass is 478 g/mol. The van der Waals surface area contributed by atoms with E-state index in [9.17, 15) is 4.79 Å². The number of nitrogens with zero attached hydrogens (tertiary/aromatic N) is 3. The van der Waals surface area contributed by atoms with Gasteiger partial charge in [-0.15, -0.1) is 11.3 Å². The Morgan fingerprint density at radius 3 is 2.79 bits per heavy atom. The fourth-order valence-corrected chi connectivity index (χ4v) is 6.44. The number of hydrogen-bond acceptors (Lipinski definition) is 7. The van der Waals surface area contributed by atoms with Gasteiger partial charge in [-0.1, -0.05) is 23.9 Å². The quantitative estimate of drug-likeness (QED) is 0.348. The van der Waals surface area contributed by atoms with Crippen LogP contribution >= 0.6 is 23.1 Å². The van der Waals surface area contributed by atoms with Crippen molar-refractivity contribution in [1.82, 2.24) is 20.2 Å². The average Bonchev–Trinajstić information content (AvgIpc) is 3.58. The van der Waals surface area contributed by atoms with Crippen molar-refractivity contribution in [2.24, 2.45) is 0 Å². The molecule has 0 saturated carbocycles. The van der Waals surface area contributed by atoms with Crippen LogP contribution in [0.25, 0.3) is 10.2 Å². The van der Waals surface area contributed by atoms with Crippen LogP contribution in [-0.4, -0.2) is 40.4 Å². The van der Waals surface area contributed by atoms with Crippen LogP contribution in [0.5, 0.6) is 0 Å². The Morgan fingerprint density at radius 1 is 1.18 bits per heavy atom. The van der Waals surface area contributed by atoms with Gasteiger partial charge in [0.25, 0.3) is 5.91 Å². The summed E-state index contributed by atoms with van der Waals surface area (Å²) in [6, 6.07) is 11.7. The highest BCUT2D eigenvalue weighted by Crippen LogP contribution is 2.38. The van der Waals surface area contributed by atoms with E-state index < -0.39 is 0 Å². The molecule has 0 radical (unpaired) electrons. The largest absolute Gasteiger partial charge is 0.468 e. The Labute approximate surface area is 201 Å². The summed E-state index contributed by atoms with van der Waals surface area (Å²) in [5.74, 6) is 0.809. The molecular formula is C25H26N4O2S2. The van der Waals surface area contributed by atoms with Gasteiger partial charge in [0.15, 0.2) is 0 Å². The predicted molar refractivity (Wildman–Crippen MR) is 132 cm³/mol. The minimum Gasteiger partial charge on any atom is -0.468 e. The zero-order valence-corrected chi connectivity index (χ0v) is 20.3. The Hall–Kier alpha value is -2.68. The molecule has 3 aromatic heterocycles. The molecule has 4 heterocycles. The molecule has 0 aliphatic carbocycles. The summed E-state index contributed by atoms with van der Waals surface area (Å²) >= 11 is 3.20. The van der Waals surface area contributed by atoms with Crippen molar-refractivity contribution in [3.63, 3.8) is 0 Å². The second kappa shape index (κ2) is 9.67. The van der Waals surface area contributed by atoms with Gasteiger partial charge < -0.3 is 9.73 Å². The first-order valence-electron chi connectivity index (χ1n) is 11.1. The molecule has 1 unspecified atom stereocenters. The van der Waals surface area contributed by atoms with Crippen molar-refractivity contribution in [3.8, 4) is 0 Å². The van der Waals surface area contributed by atoms with Crippen molar-refractivity contribution in [1.29, 1.82) is 0 Å². The summed E-state index contributed by atoms with van der Waals surface area (Å²) in [5, 5.41) is 5.12. The van der Waals surface area contributed by atoms with Crippen molar-refractivity contribution in [2.45, 2.75) is 42.7 Å². The lowest BCUT2D eigenvalue weighted by Gasteiger charge is -2.26. The number of aryl methyl sites for hydroxylation is 2. The number of furan rings is 1. The lowest BCUT2D eigenvalue weighted by Crippen LogP contribution is -2.36. The van der Waals surface area contributed by atoms with E-state index in [4.69, 9.17) is 4.42 Å². The number of aromatic nitrogens is 2.